The minimum Gasteiger partial charge on any atom is -0.427 e. The fourth-order valence-electron chi connectivity index (χ4n) is 7.29. The van der Waals surface area contributed by atoms with Gasteiger partial charge in [-0.3, -0.25) is 0 Å². The molecule has 44 heavy (non-hydrogen) atoms. The molecule has 8 rings (SSSR count). The quantitative estimate of drug-likeness (QED) is 0.210. The lowest BCUT2D eigenvalue weighted by Crippen LogP contribution is -2.49. The maximum atomic E-state index is 10.6. The van der Waals surface area contributed by atoms with Crippen molar-refractivity contribution in [2.24, 2.45) is 0 Å². The molecule has 0 bridgehead atoms. The Morgan fingerprint density at radius 2 is 1.00 bits per heavy atom. The van der Waals surface area contributed by atoms with Crippen molar-refractivity contribution in [2.75, 3.05) is 0 Å². The number of fused-ring (bicyclic) bond motifs is 11. The summed E-state index contributed by atoms with van der Waals surface area (Å²) in [5, 5.41) is 12.9. The number of rotatable bonds is 5. The van der Waals surface area contributed by atoms with Crippen molar-refractivity contribution in [2.45, 2.75) is 44.3 Å². The van der Waals surface area contributed by atoms with Crippen molar-refractivity contribution in [1.29, 1.82) is 0 Å². The first-order valence-electron chi connectivity index (χ1n) is 15.4. The van der Waals surface area contributed by atoms with E-state index in [1.165, 1.54) is 61.0 Å². The predicted octanol–water partition coefficient (Wildman–Crippen LogP) is 8.66. The van der Waals surface area contributed by atoms with Gasteiger partial charge in [-0.05, 0) is 106 Å². The second-order valence-corrected chi connectivity index (χ2v) is 13.2. The highest BCUT2D eigenvalue weighted by molar-refractivity contribution is 6.51. The van der Waals surface area contributed by atoms with Crippen LogP contribution in [0.3, 0.4) is 0 Å². The molecule has 0 saturated carbocycles. The number of aliphatic hydroxyl groups is 1. The van der Waals surface area contributed by atoms with Crippen molar-refractivity contribution in [3.63, 3.8) is 0 Å². The van der Waals surface area contributed by atoms with Crippen molar-refractivity contribution >= 4 is 23.7 Å². The Morgan fingerprint density at radius 3 is 1.57 bits per heavy atom. The van der Waals surface area contributed by atoms with Gasteiger partial charge in [0.15, 0.2) is 0 Å². The molecule has 0 saturated heterocycles. The smallest absolute Gasteiger partial charge is 0.331 e. The van der Waals surface area contributed by atoms with Crippen LogP contribution >= 0.6 is 0 Å². The van der Waals surface area contributed by atoms with E-state index in [0.717, 1.165) is 10.8 Å². The first-order valence-corrected chi connectivity index (χ1v) is 15.4. The van der Waals surface area contributed by atoms with Gasteiger partial charge in [0.25, 0.3) is 0 Å². The first-order chi connectivity index (χ1) is 21.2. The molecule has 0 aromatic heterocycles. The van der Waals surface area contributed by atoms with Crippen LogP contribution in [-0.2, 0) is 10.1 Å². The average Bonchev–Trinajstić information content (AvgIpc) is 3.50. The molecule has 6 aromatic carbocycles. The van der Waals surface area contributed by atoms with Crippen LogP contribution in [0.15, 0.2) is 127 Å². The Labute approximate surface area is 260 Å². The van der Waals surface area contributed by atoms with Crippen LogP contribution in [0.25, 0.3) is 44.2 Å². The van der Waals surface area contributed by atoms with Gasteiger partial charge in [-0.15, -0.1) is 0 Å². The third kappa shape index (κ3) is 3.70. The van der Waals surface area contributed by atoms with Crippen LogP contribution in [0.5, 0.6) is 0 Å². The SMILES string of the molecule is CC(C)(O)C(C)(C)O[B]c1ccc(-c2ccc3c(c2)C2(c4ccccc4-c4ccccc42)c2ccccc2-3)c2ccccc12. The van der Waals surface area contributed by atoms with E-state index in [4.69, 9.17) is 4.65 Å². The van der Waals surface area contributed by atoms with Crippen LogP contribution in [0.2, 0.25) is 0 Å². The summed E-state index contributed by atoms with van der Waals surface area (Å²) in [6, 6.07) is 46.7. The van der Waals surface area contributed by atoms with Crippen LogP contribution < -0.4 is 5.46 Å². The monoisotopic (exact) mass is 569 g/mol. The van der Waals surface area contributed by atoms with Gasteiger partial charge >= 0.3 is 7.48 Å². The molecule has 213 valence electrons. The van der Waals surface area contributed by atoms with Gasteiger partial charge in [0.2, 0.25) is 0 Å². The molecule has 1 radical (unpaired) electrons. The topological polar surface area (TPSA) is 29.5 Å². The van der Waals surface area contributed by atoms with Crippen molar-refractivity contribution in [3.8, 4) is 33.4 Å². The molecule has 0 fully saturated rings. The van der Waals surface area contributed by atoms with E-state index in [1.54, 1.807) is 21.3 Å². The fraction of sp³-hybridized carbons (Fsp3) is 0.171. The highest BCUT2D eigenvalue weighted by Gasteiger charge is 2.51. The van der Waals surface area contributed by atoms with Crippen LogP contribution in [0.4, 0.5) is 0 Å². The van der Waals surface area contributed by atoms with Crippen molar-refractivity contribution < 1.29 is 9.76 Å². The maximum Gasteiger partial charge on any atom is 0.331 e. The fourth-order valence-corrected chi connectivity index (χ4v) is 7.29. The zero-order chi connectivity index (χ0) is 30.3. The minimum atomic E-state index is -0.991. The third-order valence-electron chi connectivity index (χ3n) is 10.2. The standard InChI is InChI=1S/C41H34BO2/c1-39(2,43)40(3,4)44-42-38-24-23-27(28-13-5-6-17-33(28)38)26-21-22-32-31-16-9-12-20-36(31)41(37(32)25-26)34-18-10-7-14-29(34)30-15-8-11-19-35(30)41/h5-25,43H,1-4H3. The van der Waals surface area contributed by atoms with E-state index in [9.17, 15) is 5.11 Å². The van der Waals surface area contributed by atoms with E-state index in [1.807, 2.05) is 13.8 Å². The molecular weight excluding hydrogens is 535 g/mol. The van der Waals surface area contributed by atoms with Gasteiger partial charge in [0.1, 0.15) is 0 Å². The van der Waals surface area contributed by atoms with E-state index in [2.05, 4.69) is 127 Å². The summed E-state index contributed by atoms with van der Waals surface area (Å²) in [5.41, 5.74) is 11.9. The molecule has 0 atom stereocenters. The van der Waals surface area contributed by atoms with Gasteiger partial charge in [-0.1, -0.05) is 121 Å². The lowest BCUT2D eigenvalue weighted by Gasteiger charge is -2.37. The molecule has 0 unspecified atom stereocenters. The Balaban J connectivity index is 1.32. The molecule has 0 aliphatic heterocycles. The van der Waals surface area contributed by atoms with Crippen LogP contribution in [-0.4, -0.2) is 23.8 Å². The first kappa shape index (κ1) is 27.1. The normalized spacial score (nSPS) is 14.3. The van der Waals surface area contributed by atoms with Gasteiger partial charge in [-0.25, -0.2) is 0 Å². The van der Waals surface area contributed by atoms with E-state index in [0.29, 0.717) is 0 Å². The highest BCUT2D eigenvalue weighted by atomic mass is 16.5. The lowest BCUT2D eigenvalue weighted by molar-refractivity contribution is -0.0893. The highest BCUT2D eigenvalue weighted by Crippen LogP contribution is 2.63. The molecule has 6 aromatic rings. The minimum absolute atomic E-state index is 0.366. The predicted molar refractivity (Wildman–Crippen MR) is 183 cm³/mol. The van der Waals surface area contributed by atoms with E-state index >= 15 is 0 Å². The number of hydrogen-bond acceptors (Lipinski definition) is 2. The van der Waals surface area contributed by atoms with Crippen LogP contribution in [0.1, 0.15) is 49.9 Å². The Bertz CT molecular complexity index is 2040. The summed E-state index contributed by atoms with van der Waals surface area (Å²) in [7, 11) is 1.80. The summed E-state index contributed by atoms with van der Waals surface area (Å²) in [5.74, 6) is 0. The summed E-state index contributed by atoms with van der Waals surface area (Å²) in [6.45, 7) is 7.39. The molecular formula is C41H34BO2. The molecule has 0 heterocycles. The average molecular weight is 570 g/mol. The molecule has 2 aliphatic rings. The van der Waals surface area contributed by atoms with Crippen LogP contribution in [0, 0.1) is 0 Å². The van der Waals surface area contributed by atoms with Crippen molar-refractivity contribution in [3.05, 3.63) is 150 Å². The second-order valence-electron chi connectivity index (χ2n) is 13.2. The second kappa shape index (κ2) is 9.53. The Kier molecular flexibility index (Phi) is 5.88. The molecule has 0 amide bonds. The van der Waals surface area contributed by atoms with Gasteiger partial charge < -0.3 is 9.76 Å². The molecule has 2 aliphatic carbocycles. The summed E-state index contributed by atoms with van der Waals surface area (Å²) < 4.78 is 6.18. The summed E-state index contributed by atoms with van der Waals surface area (Å²) in [6.07, 6.45) is 0. The molecule has 1 N–H and O–H groups in total. The summed E-state index contributed by atoms with van der Waals surface area (Å²) >= 11 is 0. The number of benzene rings is 6. The lowest BCUT2D eigenvalue weighted by atomic mass is 9.70. The number of hydrogen-bond donors (Lipinski definition) is 1. The van der Waals surface area contributed by atoms with E-state index in [-0.39, 0.29) is 5.41 Å². The van der Waals surface area contributed by atoms with Gasteiger partial charge in [0, 0.05) is 0 Å². The van der Waals surface area contributed by atoms with Gasteiger partial charge in [0.05, 0.1) is 16.6 Å². The molecule has 2 nitrogen and oxygen atoms in total. The summed E-state index contributed by atoms with van der Waals surface area (Å²) in [4.78, 5) is 0. The largest absolute Gasteiger partial charge is 0.427 e. The Hall–Kier alpha value is -4.44. The zero-order valence-corrected chi connectivity index (χ0v) is 25.6. The van der Waals surface area contributed by atoms with Gasteiger partial charge in [-0.2, -0.15) is 0 Å². The Morgan fingerprint density at radius 1 is 0.523 bits per heavy atom. The molecule has 1 spiro atoms. The van der Waals surface area contributed by atoms with E-state index < -0.39 is 11.2 Å². The van der Waals surface area contributed by atoms with Crippen molar-refractivity contribution in [1.82, 2.24) is 0 Å². The third-order valence-corrected chi connectivity index (χ3v) is 10.2. The molecule has 3 heteroatoms. The maximum absolute atomic E-state index is 10.6. The zero-order valence-electron chi connectivity index (χ0n) is 25.6.